The molecule has 0 aliphatic rings. The van der Waals surface area contributed by atoms with E-state index in [2.05, 4.69) is 4.72 Å². The van der Waals surface area contributed by atoms with Crippen molar-refractivity contribution in [3.63, 3.8) is 0 Å². The van der Waals surface area contributed by atoms with Crippen LogP contribution in [-0.2, 0) is 14.8 Å². The van der Waals surface area contributed by atoms with Crippen LogP contribution in [0.1, 0.15) is 12.5 Å². The molecule has 7 heteroatoms. The van der Waals surface area contributed by atoms with Crippen molar-refractivity contribution in [3.05, 3.63) is 34.9 Å². The summed E-state index contributed by atoms with van der Waals surface area (Å²) < 4.78 is 25.8. The monoisotopic (exact) mass is 289 g/mol. The molecule has 0 saturated heterocycles. The zero-order valence-corrected chi connectivity index (χ0v) is 11.1. The first-order valence-corrected chi connectivity index (χ1v) is 6.93. The normalized spacial score (nSPS) is 11.9. The quantitative estimate of drug-likeness (QED) is 0.809. The zero-order chi connectivity index (χ0) is 13.8. The number of aliphatic carboxylic acids is 1. The van der Waals surface area contributed by atoms with E-state index in [1.54, 1.807) is 6.92 Å². The van der Waals surface area contributed by atoms with E-state index >= 15 is 0 Å². The minimum absolute atomic E-state index is 0.0292. The summed E-state index contributed by atoms with van der Waals surface area (Å²) in [4.78, 5) is 10.3. The molecular weight excluding hydrogens is 278 g/mol. The summed E-state index contributed by atoms with van der Waals surface area (Å²) in [5, 5.41) is 8.52. The maximum atomic E-state index is 11.7. The highest BCUT2D eigenvalue weighted by Gasteiger charge is 2.16. The molecule has 1 rings (SSSR count). The van der Waals surface area contributed by atoms with Crippen LogP contribution in [0.5, 0.6) is 0 Å². The first-order valence-electron chi connectivity index (χ1n) is 5.07. The Morgan fingerprint density at radius 1 is 1.50 bits per heavy atom. The maximum Gasteiger partial charge on any atom is 0.328 e. The summed E-state index contributed by atoms with van der Waals surface area (Å²) >= 11 is 5.86. The summed E-state index contributed by atoms with van der Waals surface area (Å²) in [6.07, 6.45) is 2.28. The van der Waals surface area contributed by atoms with Gasteiger partial charge in [-0.2, -0.15) is 0 Å². The fourth-order valence-electron chi connectivity index (χ4n) is 1.27. The predicted molar refractivity (Wildman–Crippen MR) is 69.0 cm³/mol. The van der Waals surface area contributed by atoms with Crippen molar-refractivity contribution in [2.45, 2.75) is 11.8 Å². The molecule has 0 bridgehead atoms. The van der Waals surface area contributed by atoms with Crippen molar-refractivity contribution >= 4 is 33.7 Å². The molecule has 0 aromatic heterocycles. The average Bonchev–Trinajstić information content (AvgIpc) is 2.25. The van der Waals surface area contributed by atoms with Crippen LogP contribution in [0.3, 0.4) is 0 Å². The Hall–Kier alpha value is -1.37. The molecule has 0 aliphatic heterocycles. The van der Waals surface area contributed by atoms with Crippen molar-refractivity contribution in [2.24, 2.45) is 0 Å². The highest BCUT2D eigenvalue weighted by molar-refractivity contribution is 7.89. The Labute approximate surface area is 110 Å². The summed E-state index contributed by atoms with van der Waals surface area (Å²) in [7, 11) is -3.61. The van der Waals surface area contributed by atoms with Crippen LogP contribution in [0.15, 0.2) is 29.2 Å². The molecule has 98 valence electrons. The highest BCUT2D eigenvalue weighted by atomic mass is 35.5. The molecule has 18 heavy (non-hydrogen) atoms. The highest BCUT2D eigenvalue weighted by Crippen LogP contribution is 2.23. The summed E-state index contributed by atoms with van der Waals surface area (Å²) in [6, 6.07) is 4.21. The minimum atomic E-state index is -3.61. The standard InChI is InChI=1S/C11H12ClNO4S/c1-2-13-18(16,17)10-5-3-8(7-9(10)12)4-6-11(14)15/h3-7,13H,2H2,1H3,(H,14,15). The van der Waals surface area contributed by atoms with Gasteiger partial charge in [-0.05, 0) is 23.8 Å². The van der Waals surface area contributed by atoms with Crippen molar-refractivity contribution in [1.82, 2.24) is 4.72 Å². The Morgan fingerprint density at radius 3 is 2.67 bits per heavy atom. The molecule has 5 nitrogen and oxygen atoms in total. The summed E-state index contributed by atoms with van der Waals surface area (Å²) in [5.74, 6) is -1.09. The smallest absolute Gasteiger partial charge is 0.328 e. The van der Waals surface area contributed by atoms with Crippen molar-refractivity contribution in [3.8, 4) is 0 Å². The molecule has 0 saturated carbocycles. The lowest BCUT2D eigenvalue weighted by Crippen LogP contribution is -2.23. The predicted octanol–water partition coefficient (Wildman–Crippen LogP) is 1.74. The largest absolute Gasteiger partial charge is 0.478 e. The fraction of sp³-hybridized carbons (Fsp3) is 0.182. The summed E-state index contributed by atoms with van der Waals surface area (Å²) in [5.41, 5.74) is 0.512. The average molecular weight is 290 g/mol. The number of carboxylic acids is 1. The van der Waals surface area contributed by atoms with Gasteiger partial charge in [0.2, 0.25) is 10.0 Å². The van der Waals surface area contributed by atoms with E-state index in [0.29, 0.717) is 5.56 Å². The molecule has 0 amide bonds. The van der Waals surface area contributed by atoms with Gasteiger partial charge in [0.25, 0.3) is 0 Å². The SMILES string of the molecule is CCNS(=O)(=O)c1ccc(C=CC(=O)O)cc1Cl. The lowest BCUT2D eigenvalue weighted by Gasteiger charge is -2.07. The molecule has 0 unspecified atom stereocenters. The van der Waals surface area contributed by atoms with Crippen LogP contribution in [0.2, 0.25) is 5.02 Å². The van der Waals surface area contributed by atoms with E-state index in [1.165, 1.54) is 24.3 Å². The third kappa shape index (κ3) is 3.83. The Morgan fingerprint density at radius 2 is 2.17 bits per heavy atom. The minimum Gasteiger partial charge on any atom is -0.478 e. The van der Waals surface area contributed by atoms with Gasteiger partial charge in [-0.3, -0.25) is 0 Å². The topological polar surface area (TPSA) is 83.5 Å². The number of halogens is 1. The number of rotatable bonds is 5. The first kappa shape index (κ1) is 14.7. The lowest BCUT2D eigenvalue weighted by atomic mass is 10.2. The van der Waals surface area contributed by atoms with Gasteiger partial charge in [0, 0.05) is 12.6 Å². The molecule has 2 N–H and O–H groups in total. The second-order valence-corrected chi connectivity index (χ2v) is 5.51. The third-order valence-electron chi connectivity index (χ3n) is 2.00. The third-order valence-corrected chi connectivity index (χ3v) is 4.03. The molecule has 0 heterocycles. The van der Waals surface area contributed by atoms with Gasteiger partial charge in [-0.1, -0.05) is 24.6 Å². The van der Waals surface area contributed by atoms with E-state index < -0.39 is 16.0 Å². The van der Waals surface area contributed by atoms with Crippen LogP contribution in [0.4, 0.5) is 0 Å². The number of nitrogens with one attached hydrogen (secondary N) is 1. The summed E-state index contributed by atoms with van der Waals surface area (Å²) in [6.45, 7) is 1.93. The second-order valence-electron chi connectivity index (χ2n) is 3.36. The van der Waals surface area contributed by atoms with Gasteiger partial charge in [-0.15, -0.1) is 0 Å². The van der Waals surface area contributed by atoms with E-state index in [4.69, 9.17) is 16.7 Å². The van der Waals surface area contributed by atoms with E-state index in [9.17, 15) is 13.2 Å². The molecule has 1 aromatic carbocycles. The number of sulfonamides is 1. The molecule has 1 aromatic rings. The number of benzene rings is 1. The molecule has 0 spiro atoms. The van der Waals surface area contributed by atoms with Gasteiger partial charge >= 0.3 is 5.97 Å². The molecule has 0 aliphatic carbocycles. The Bertz CT molecular complexity index is 581. The van der Waals surface area contributed by atoms with Gasteiger partial charge in [0.15, 0.2) is 0 Å². The maximum absolute atomic E-state index is 11.7. The lowest BCUT2D eigenvalue weighted by molar-refractivity contribution is -0.131. The first-order chi connectivity index (χ1) is 8.36. The van der Waals surface area contributed by atoms with E-state index in [0.717, 1.165) is 6.08 Å². The van der Waals surface area contributed by atoms with Gasteiger partial charge in [0.05, 0.1) is 5.02 Å². The number of hydrogen-bond donors (Lipinski definition) is 2. The molecule has 0 atom stereocenters. The van der Waals surface area contributed by atoms with Crippen LogP contribution in [0, 0.1) is 0 Å². The number of carboxylic acid groups (broad SMARTS) is 1. The number of carbonyl (C=O) groups is 1. The fourth-order valence-corrected chi connectivity index (χ4v) is 2.87. The van der Waals surface area contributed by atoms with E-state index in [1.807, 2.05) is 0 Å². The van der Waals surface area contributed by atoms with Crippen molar-refractivity contribution < 1.29 is 18.3 Å². The van der Waals surface area contributed by atoms with Crippen molar-refractivity contribution in [2.75, 3.05) is 6.54 Å². The van der Waals surface area contributed by atoms with Crippen LogP contribution in [0.25, 0.3) is 6.08 Å². The van der Waals surface area contributed by atoms with E-state index in [-0.39, 0.29) is 16.5 Å². The zero-order valence-electron chi connectivity index (χ0n) is 9.55. The van der Waals surface area contributed by atoms with Crippen LogP contribution < -0.4 is 4.72 Å². The number of hydrogen-bond acceptors (Lipinski definition) is 3. The van der Waals surface area contributed by atoms with Crippen LogP contribution >= 0.6 is 11.6 Å². The molecular formula is C11H12ClNO4S. The Balaban J connectivity index is 3.11. The molecule has 0 radical (unpaired) electrons. The van der Waals surface area contributed by atoms with Gasteiger partial charge < -0.3 is 5.11 Å². The van der Waals surface area contributed by atoms with Crippen LogP contribution in [-0.4, -0.2) is 26.0 Å². The second kappa shape index (κ2) is 5.99. The Kier molecular flexibility index (Phi) is 4.89. The van der Waals surface area contributed by atoms with Gasteiger partial charge in [0.1, 0.15) is 4.90 Å². The van der Waals surface area contributed by atoms with Crippen molar-refractivity contribution in [1.29, 1.82) is 0 Å². The van der Waals surface area contributed by atoms with Gasteiger partial charge in [-0.25, -0.2) is 17.9 Å². The molecule has 0 fully saturated rings.